The molecule has 4 rings (SSSR count). The van der Waals surface area contributed by atoms with Gasteiger partial charge in [0.15, 0.2) is 8.32 Å². The monoisotopic (exact) mass is 558 g/mol. The van der Waals surface area contributed by atoms with Gasteiger partial charge in [0.25, 0.3) is 0 Å². The van der Waals surface area contributed by atoms with Crippen molar-refractivity contribution in [3.63, 3.8) is 0 Å². The maximum atomic E-state index is 12.7. The third-order valence-corrected chi connectivity index (χ3v) is 11.8. The zero-order valence-electron chi connectivity index (χ0n) is 23.8. The summed E-state index contributed by atoms with van der Waals surface area (Å²) >= 11 is 0. The van der Waals surface area contributed by atoms with Gasteiger partial charge in [0.2, 0.25) is 5.56 Å². The van der Waals surface area contributed by atoms with Gasteiger partial charge in [-0.15, -0.1) is 0 Å². The Morgan fingerprint density at radius 2 is 1.50 bits per heavy atom. The van der Waals surface area contributed by atoms with Crippen LogP contribution in [0.15, 0.2) is 89.7 Å². The SMILES string of the molecule is CC(C)(C)[Si](C)(C)O[C@@H](CNC(=O)OCc1ccccc1)c1ccc(OCc2ccccc2)c2[nH]c(=O)ccc12. The predicted octanol–water partition coefficient (Wildman–Crippen LogP) is 7.10. The first-order valence-corrected chi connectivity index (χ1v) is 16.4. The highest BCUT2D eigenvalue weighted by atomic mass is 28.4. The van der Waals surface area contributed by atoms with Gasteiger partial charge in [0.05, 0.1) is 18.2 Å². The topological polar surface area (TPSA) is 89.7 Å². The number of ether oxygens (including phenoxy) is 2. The molecule has 0 bridgehead atoms. The van der Waals surface area contributed by atoms with E-state index in [-0.39, 0.29) is 23.7 Å². The second-order valence-electron chi connectivity index (χ2n) is 11.3. The van der Waals surface area contributed by atoms with E-state index >= 15 is 0 Å². The van der Waals surface area contributed by atoms with Crippen LogP contribution in [0.4, 0.5) is 4.79 Å². The average Bonchev–Trinajstić information content (AvgIpc) is 2.93. The molecule has 0 aliphatic heterocycles. The molecule has 0 fully saturated rings. The molecule has 0 saturated heterocycles. The lowest BCUT2D eigenvalue weighted by Gasteiger charge is -2.39. The van der Waals surface area contributed by atoms with Crippen LogP contribution in [0.2, 0.25) is 18.1 Å². The summed E-state index contributed by atoms with van der Waals surface area (Å²) in [6.45, 7) is 11.6. The number of hydrogen-bond donors (Lipinski definition) is 2. The Labute approximate surface area is 236 Å². The van der Waals surface area contributed by atoms with Crippen LogP contribution in [0.25, 0.3) is 10.9 Å². The van der Waals surface area contributed by atoms with E-state index in [0.717, 1.165) is 22.1 Å². The number of alkyl carbamates (subject to hydrolysis) is 1. The molecule has 1 atom stereocenters. The molecule has 0 aliphatic carbocycles. The van der Waals surface area contributed by atoms with Crippen LogP contribution in [0, 0.1) is 0 Å². The molecule has 0 aliphatic rings. The molecule has 0 saturated carbocycles. The minimum atomic E-state index is -2.26. The van der Waals surface area contributed by atoms with E-state index in [4.69, 9.17) is 13.9 Å². The van der Waals surface area contributed by atoms with Crippen molar-refractivity contribution >= 4 is 25.3 Å². The quantitative estimate of drug-likeness (QED) is 0.203. The summed E-state index contributed by atoms with van der Waals surface area (Å²) in [4.78, 5) is 27.9. The number of rotatable bonds is 10. The lowest BCUT2D eigenvalue weighted by Crippen LogP contribution is -2.44. The number of nitrogens with one attached hydrogen (secondary N) is 2. The molecule has 40 heavy (non-hydrogen) atoms. The van der Waals surface area contributed by atoms with Gasteiger partial charge in [-0.25, -0.2) is 4.79 Å². The molecule has 1 heterocycles. The molecule has 7 nitrogen and oxygen atoms in total. The number of pyridine rings is 1. The third kappa shape index (κ3) is 7.40. The summed E-state index contributed by atoms with van der Waals surface area (Å²) in [5, 5.41) is 3.64. The summed E-state index contributed by atoms with van der Waals surface area (Å²) < 4.78 is 18.4. The first-order valence-electron chi connectivity index (χ1n) is 13.5. The highest BCUT2D eigenvalue weighted by Gasteiger charge is 2.40. The standard InChI is InChI=1S/C32H38N2O5Si/c1-32(2,3)40(4,5)39-28(20-33-31(36)38-22-24-14-10-7-11-15-24)25-16-18-27(30-26(25)17-19-29(35)34-30)37-21-23-12-8-6-9-13-23/h6-19,28H,20-22H2,1-5H3,(H,33,36)(H,34,35)/t28-/m0/s1. The van der Waals surface area contributed by atoms with Crippen LogP contribution < -0.4 is 15.6 Å². The molecular formula is C32H38N2O5Si. The van der Waals surface area contributed by atoms with Crippen molar-refractivity contribution in [2.24, 2.45) is 0 Å². The lowest BCUT2D eigenvalue weighted by molar-refractivity contribution is 0.128. The number of aromatic nitrogens is 1. The highest BCUT2D eigenvalue weighted by Crippen LogP contribution is 2.41. The zero-order valence-corrected chi connectivity index (χ0v) is 24.8. The predicted molar refractivity (Wildman–Crippen MR) is 161 cm³/mol. The third-order valence-electron chi connectivity index (χ3n) is 7.36. The van der Waals surface area contributed by atoms with Crippen LogP contribution in [-0.2, 0) is 22.4 Å². The van der Waals surface area contributed by atoms with Crippen LogP contribution in [0.5, 0.6) is 5.75 Å². The van der Waals surface area contributed by atoms with Crippen molar-refractivity contribution in [1.29, 1.82) is 0 Å². The average molecular weight is 559 g/mol. The molecule has 0 spiro atoms. The van der Waals surface area contributed by atoms with Crippen molar-refractivity contribution < 1.29 is 18.7 Å². The normalized spacial score (nSPS) is 12.6. The lowest BCUT2D eigenvalue weighted by atomic mass is 10.0. The smallest absolute Gasteiger partial charge is 0.407 e. The minimum Gasteiger partial charge on any atom is -0.487 e. The van der Waals surface area contributed by atoms with Crippen LogP contribution in [0.3, 0.4) is 0 Å². The number of aromatic amines is 1. The molecule has 8 heteroatoms. The van der Waals surface area contributed by atoms with Gasteiger partial charge in [-0.3, -0.25) is 4.79 Å². The Bertz CT molecular complexity index is 1480. The second-order valence-corrected chi connectivity index (χ2v) is 16.1. The first kappa shape index (κ1) is 29.1. The highest BCUT2D eigenvalue weighted by molar-refractivity contribution is 6.74. The zero-order chi connectivity index (χ0) is 28.8. The van der Waals surface area contributed by atoms with E-state index < -0.39 is 20.5 Å². The van der Waals surface area contributed by atoms with Gasteiger partial charge in [-0.2, -0.15) is 0 Å². The molecule has 0 radical (unpaired) electrons. The van der Waals surface area contributed by atoms with Crippen LogP contribution in [0.1, 0.15) is 43.6 Å². The fourth-order valence-corrected chi connectivity index (χ4v) is 5.36. The largest absolute Gasteiger partial charge is 0.487 e. The Morgan fingerprint density at radius 1 is 0.875 bits per heavy atom. The maximum absolute atomic E-state index is 12.7. The second kappa shape index (κ2) is 12.5. The molecule has 210 valence electrons. The van der Waals surface area contributed by atoms with E-state index in [1.165, 1.54) is 6.07 Å². The Balaban J connectivity index is 1.62. The molecule has 0 unspecified atom stereocenters. The Hall–Kier alpha value is -3.88. The van der Waals surface area contributed by atoms with Gasteiger partial charge in [-0.05, 0) is 47.0 Å². The number of hydrogen-bond acceptors (Lipinski definition) is 5. The van der Waals surface area contributed by atoms with E-state index in [1.54, 1.807) is 6.07 Å². The first-order chi connectivity index (χ1) is 19.0. The van der Waals surface area contributed by atoms with Crippen molar-refractivity contribution in [3.05, 3.63) is 112 Å². The minimum absolute atomic E-state index is 0.0537. The Morgan fingerprint density at radius 3 is 2.12 bits per heavy atom. The molecule has 4 aromatic rings. The molecule has 2 N–H and O–H groups in total. The van der Waals surface area contributed by atoms with Crippen LogP contribution >= 0.6 is 0 Å². The van der Waals surface area contributed by atoms with E-state index in [9.17, 15) is 9.59 Å². The van der Waals surface area contributed by atoms with Crippen molar-refractivity contribution in [2.45, 2.75) is 58.2 Å². The van der Waals surface area contributed by atoms with E-state index in [2.05, 4.69) is 44.2 Å². The van der Waals surface area contributed by atoms with Gasteiger partial charge in [0, 0.05) is 11.5 Å². The fraction of sp³-hybridized carbons (Fsp3) is 0.312. The molecule has 1 aromatic heterocycles. The molecule has 3 aromatic carbocycles. The van der Waals surface area contributed by atoms with Gasteiger partial charge < -0.3 is 24.2 Å². The van der Waals surface area contributed by atoms with Gasteiger partial charge in [-0.1, -0.05) is 87.5 Å². The number of benzene rings is 3. The number of carbonyl (C=O) groups excluding carboxylic acids is 1. The molecular weight excluding hydrogens is 520 g/mol. The van der Waals surface area contributed by atoms with Gasteiger partial charge in [0.1, 0.15) is 19.0 Å². The van der Waals surface area contributed by atoms with Crippen molar-refractivity contribution in [1.82, 2.24) is 10.3 Å². The number of H-pyrrole nitrogens is 1. The summed E-state index contributed by atoms with van der Waals surface area (Å²) in [6, 6.07) is 26.5. The van der Waals surface area contributed by atoms with Gasteiger partial charge >= 0.3 is 6.09 Å². The number of amides is 1. The van der Waals surface area contributed by atoms with Crippen molar-refractivity contribution in [3.8, 4) is 5.75 Å². The Kier molecular flexibility index (Phi) is 9.12. The van der Waals surface area contributed by atoms with E-state index in [0.29, 0.717) is 17.9 Å². The van der Waals surface area contributed by atoms with Crippen molar-refractivity contribution in [2.75, 3.05) is 6.54 Å². The summed E-state index contributed by atoms with van der Waals surface area (Å²) in [6.07, 6.45) is -0.991. The molecule has 1 amide bonds. The fourth-order valence-electron chi connectivity index (χ4n) is 4.08. The summed E-state index contributed by atoms with van der Waals surface area (Å²) in [5.41, 5.74) is 3.16. The van der Waals surface area contributed by atoms with Crippen LogP contribution in [-0.4, -0.2) is 25.9 Å². The summed E-state index contributed by atoms with van der Waals surface area (Å²) in [5.74, 6) is 0.571. The maximum Gasteiger partial charge on any atom is 0.407 e. The number of carbonyl (C=O) groups is 1. The van der Waals surface area contributed by atoms with E-state index in [1.807, 2.05) is 72.8 Å². The summed E-state index contributed by atoms with van der Waals surface area (Å²) in [7, 11) is -2.26. The number of fused-ring (bicyclic) bond motifs is 1.